The molecule has 0 unspecified atom stereocenters. The van der Waals surface area contributed by atoms with Gasteiger partial charge >= 0.3 is 5.97 Å². The lowest BCUT2D eigenvalue weighted by atomic mass is 10.2. The molecule has 26 heavy (non-hydrogen) atoms. The Kier molecular flexibility index (Phi) is 6.41. The van der Waals surface area contributed by atoms with Gasteiger partial charge in [-0.1, -0.05) is 26.8 Å². The van der Waals surface area contributed by atoms with Crippen LogP contribution in [0.3, 0.4) is 0 Å². The number of nitrogens with zero attached hydrogens (tertiary/aromatic N) is 1. The smallest absolute Gasteiger partial charge is 0.309 e. The van der Waals surface area contributed by atoms with Gasteiger partial charge in [-0.25, -0.2) is 8.42 Å². The summed E-state index contributed by atoms with van der Waals surface area (Å²) >= 11 is 0. The molecule has 2 rings (SSSR count). The number of carbonyl (C=O) groups is 2. The Balaban J connectivity index is 2.07. The maximum absolute atomic E-state index is 12.6. The van der Waals surface area contributed by atoms with E-state index >= 15 is 0 Å². The zero-order valence-electron chi connectivity index (χ0n) is 15.6. The lowest BCUT2D eigenvalue weighted by Crippen LogP contribution is -2.30. The van der Waals surface area contributed by atoms with Gasteiger partial charge in [0.15, 0.2) is 6.61 Å². The van der Waals surface area contributed by atoms with Crippen LogP contribution in [0.25, 0.3) is 0 Å². The van der Waals surface area contributed by atoms with Crippen molar-refractivity contribution in [2.75, 3.05) is 25.0 Å². The molecule has 0 radical (unpaired) electrons. The van der Waals surface area contributed by atoms with Gasteiger partial charge < -0.3 is 10.1 Å². The molecule has 1 aromatic rings. The fourth-order valence-electron chi connectivity index (χ4n) is 2.69. The molecule has 0 bridgehead atoms. The second kappa shape index (κ2) is 8.18. The van der Waals surface area contributed by atoms with E-state index < -0.39 is 15.9 Å². The lowest BCUT2D eigenvalue weighted by Gasteiger charge is -2.19. The van der Waals surface area contributed by atoms with Crippen LogP contribution in [-0.4, -0.2) is 44.3 Å². The van der Waals surface area contributed by atoms with Crippen LogP contribution in [0.5, 0.6) is 0 Å². The molecule has 7 nitrogen and oxygen atoms in total. The van der Waals surface area contributed by atoms with Gasteiger partial charge in [-0.2, -0.15) is 4.31 Å². The third-order valence-corrected chi connectivity index (χ3v) is 6.63. The highest BCUT2D eigenvalue weighted by Gasteiger charge is 2.40. The molecule has 0 aliphatic heterocycles. The van der Waals surface area contributed by atoms with Crippen LogP contribution in [0.1, 0.15) is 32.8 Å². The molecule has 0 heterocycles. The summed E-state index contributed by atoms with van der Waals surface area (Å²) in [6.07, 6.45) is 0.796. The van der Waals surface area contributed by atoms with Gasteiger partial charge in [0.1, 0.15) is 0 Å². The summed E-state index contributed by atoms with van der Waals surface area (Å²) in [4.78, 5) is 23.8. The number of amides is 1. The maximum atomic E-state index is 12.6. The third-order valence-electron chi connectivity index (χ3n) is 4.58. The van der Waals surface area contributed by atoms with Crippen molar-refractivity contribution in [1.29, 1.82) is 0 Å². The molecule has 0 spiro atoms. The fraction of sp³-hybridized carbons (Fsp3) is 0.556. The van der Waals surface area contributed by atoms with Crippen molar-refractivity contribution < 1.29 is 22.7 Å². The minimum absolute atomic E-state index is 0.105. The van der Waals surface area contributed by atoms with Crippen LogP contribution >= 0.6 is 0 Å². The Morgan fingerprint density at radius 3 is 2.42 bits per heavy atom. The number of anilines is 1. The summed E-state index contributed by atoms with van der Waals surface area (Å²) in [6.45, 7) is 7.61. The number of esters is 1. The highest BCUT2D eigenvalue weighted by atomic mass is 32.2. The van der Waals surface area contributed by atoms with Crippen LogP contribution in [0.15, 0.2) is 23.1 Å². The molecule has 2 atom stereocenters. The maximum Gasteiger partial charge on any atom is 0.309 e. The molecule has 1 fully saturated rings. The van der Waals surface area contributed by atoms with Crippen LogP contribution in [-0.2, 0) is 24.3 Å². The summed E-state index contributed by atoms with van der Waals surface area (Å²) in [7, 11) is -3.61. The van der Waals surface area contributed by atoms with Crippen molar-refractivity contribution in [2.45, 2.75) is 39.0 Å². The first-order valence-corrected chi connectivity index (χ1v) is 10.2. The molecular weight excluding hydrogens is 356 g/mol. The quantitative estimate of drug-likeness (QED) is 0.696. The Bertz CT molecular complexity index is 787. The minimum atomic E-state index is -3.61. The molecule has 1 amide bonds. The number of sulfonamides is 1. The van der Waals surface area contributed by atoms with E-state index in [4.69, 9.17) is 4.74 Å². The number of nitrogens with one attached hydrogen (secondary N) is 1. The van der Waals surface area contributed by atoms with Crippen LogP contribution in [0, 0.1) is 18.8 Å². The van der Waals surface area contributed by atoms with Crippen LogP contribution in [0.2, 0.25) is 0 Å². The van der Waals surface area contributed by atoms with E-state index in [1.54, 1.807) is 26.8 Å². The summed E-state index contributed by atoms with van der Waals surface area (Å²) < 4.78 is 31.6. The number of ether oxygens (including phenoxy) is 1. The van der Waals surface area contributed by atoms with Crippen LogP contribution < -0.4 is 5.32 Å². The van der Waals surface area contributed by atoms with E-state index in [2.05, 4.69) is 5.32 Å². The molecule has 1 saturated carbocycles. The molecule has 0 saturated heterocycles. The largest absolute Gasteiger partial charge is 0.455 e. The first-order valence-electron chi connectivity index (χ1n) is 8.78. The summed E-state index contributed by atoms with van der Waals surface area (Å²) in [5.74, 6) is -0.642. The van der Waals surface area contributed by atoms with E-state index in [1.165, 1.54) is 16.4 Å². The van der Waals surface area contributed by atoms with Crippen LogP contribution in [0.4, 0.5) is 5.69 Å². The minimum Gasteiger partial charge on any atom is -0.455 e. The summed E-state index contributed by atoms with van der Waals surface area (Å²) in [5, 5.41) is 2.62. The summed E-state index contributed by atoms with van der Waals surface area (Å²) in [6, 6.07) is 4.60. The Morgan fingerprint density at radius 2 is 1.88 bits per heavy atom. The Morgan fingerprint density at radius 1 is 1.27 bits per heavy atom. The van der Waals surface area contributed by atoms with Gasteiger partial charge in [0.2, 0.25) is 10.0 Å². The third kappa shape index (κ3) is 4.62. The number of carbonyl (C=O) groups excluding carboxylic acids is 2. The van der Waals surface area contributed by atoms with E-state index in [1.807, 2.05) is 6.92 Å². The molecule has 144 valence electrons. The highest BCUT2D eigenvalue weighted by molar-refractivity contribution is 7.89. The van der Waals surface area contributed by atoms with Crippen molar-refractivity contribution in [2.24, 2.45) is 11.8 Å². The molecule has 0 aromatic heterocycles. The molecule has 1 aromatic carbocycles. The van der Waals surface area contributed by atoms with E-state index in [9.17, 15) is 18.0 Å². The molecule has 1 aliphatic carbocycles. The molecule has 1 N–H and O–H groups in total. The van der Waals surface area contributed by atoms with Gasteiger partial charge in [0.25, 0.3) is 5.91 Å². The Labute approximate surface area is 154 Å². The number of hydrogen-bond acceptors (Lipinski definition) is 5. The van der Waals surface area contributed by atoms with Crippen molar-refractivity contribution in [3.05, 3.63) is 23.8 Å². The van der Waals surface area contributed by atoms with Crippen molar-refractivity contribution in [3.63, 3.8) is 0 Å². The lowest BCUT2D eigenvalue weighted by molar-refractivity contribution is -0.148. The fourth-order valence-corrected chi connectivity index (χ4v) is 4.17. The monoisotopic (exact) mass is 382 g/mol. The number of hydrogen-bond donors (Lipinski definition) is 1. The first kappa shape index (κ1) is 20.4. The highest BCUT2D eigenvalue weighted by Crippen LogP contribution is 2.38. The topological polar surface area (TPSA) is 92.8 Å². The molecular formula is C18H26N2O5S. The molecule has 1 aliphatic rings. The van der Waals surface area contributed by atoms with E-state index in [-0.39, 0.29) is 23.4 Å². The number of benzene rings is 1. The predicted octanol–water partition coefficient (Wildman–Crippen LogP) is 2.16. The standard InChI is InChI=1S/C18H26N2O5S/c1-5-20(6-2)26(23,24)14-8-7-12(3)16(10-14)19-17(21)11-25-18(22)15-9-13(15)4/h7-8,10,13,15H,5-6,9,11H2,1-4H3,(H,19,21)/t13-,15+/m0/s1. The first-order chi connectivity index (χ1) is 12.2. The van der Waals surface area contributed by atoms with Gasteiger partial charge in [-0.05, 0) is 37.0 Å². The van der Waals surface area contributed by atoms with Crippen molar-refractivity contribution in [3.8, 4) is 0 Å². The van der Waals surface area contributed by atoms with Crippen molar-refractivity contribution in [1.82, 2.24) is 4.31 Å². The van der Waals surface area contributed by atoms with Gasteiger partial charge in [-0.3, -0.25) is 9.59 Å². The van der Waals surface area contributed by atoms with Gasteiger partial charge in [0.05, 0.1) is 10.8 Å². The normalized spacial score (nSPS) is 19.3. The second-order valence-electron chi connectivity index (χ2n) is 6.54. The average molecular weight is 382 g/mol. The average Bonchev–Trinajstić information content (AvgIpc) is 3.32. The van der Waals surface area contributed by atoms with E-state index in [0.717, 1.165) is 12.0 Å². The second-order valence-corrected chi connectivity index (χ2v) is 8.48. The number of rotatable bonds is 8. The zero-order chi connectivity index (χ0) is 19.5. The number of aryl methyl sites for hydroxylation is 1. The van der Waals surface area contributed by atoms with E-state index in [0.29, 0.717) is 24.7 Å². The SMILES string of the molecule is CCN(CC)S(=O)(=O)c1ccc(C)c(NC(=O)COC(=O)[C@@H]2C[C@@H]2C)c1. The predicted molar refractivity (Wildman–Crippen MR) is 98.1 cm³/mol. The Hall–Kier alpha value is -1.93. The van der Waals surface area contributed by atoms with Gasteiger partial charge in [0, 0.05) is 18.8 Å². The van der Waals surface area contributed by atoms with Crippen molar-refractivity contribution >= 4 is 27.6 Å². The molecule has 8 heteroatoms. The zero-order valence-corrected chi connectivity index (χ0v) is 16.4. The summed E-state index contributed by atoms with van der Waals surface area (Å²) in [5.41, 5.74) is 1.11. The van der Waals surface area contributed by atoms with Gasteiger partial charge in [-0.15, -0.1) is 0 Å².